The van der Waals surface area contributed by atoms with Gasteiger partial charge in [0, 0.05) is 12.3 Å². The molecule has 4 rings (SSSR count). The van der Waals surface area contributed by atoms with Gasteiger partial charge >= 0.3 is 0 Å². The van der Waals surface area contributed by atoms with Crippen molar-refractivity contribution < 1.29 is 15.0 Å². The third-order valence-electron chi connectivity index (χ3n) is 8.39. The number of ketones is 1. The van der Waals surface area contributed by atoms with Gasteiger partial charge in [-0.25, -0.2) is 0 Å². The highest BCUT2D eigenvalue weighted by molar-refractivity contribution is 5.83. The maximum absolute atomic E-state index is 13.0. The van der Waals surface area contributed by atoms with Crippen LogP contribution in [0, 0.1) is 34.5 Å². The van der Waals surface area contributed by atoms with E-state index in [0.29, 0.717) is 30.0 Å². The van der Waals surface area contributed by atoms with Gasteiger partial charge in [0.2, 0.25) is 0 Å². The summed E-state index contributed by atoms with van der Waals surface area (Å²) < 4.78 is 0. The Morgan fingerprint density at radius 2 is 1.64 bits per heavy atom. The molecule has 4 aliphatic carbocycles. The number of fused-ring (bicyclic) bond motifs is 5. The molecule has 0 aliphatic heterocycles. The number of aliphatic hydroxyl groups is 2. The molecule has 3 nitrogen and oxygen atoms in total. The summed E-state index contributed by atoms with van der Waals surface area (Å²) in [5, 5.41) is 20.5. The Bertz CT molecular complexity index is 489. The number of aliphatic hydroxyl groups excluding tert-OH is 2. The molecule has 3 heteroatoms. The molecule has 4 fully saturated rings. The quantitative estimate of drug-likeness (QED) is 0.723. The van der Waals surface area contributed by atoms with E-state index < -0.39 is 0 Å². The van der Waals surface area contributed by atoms with Gasteiger partial charge < -0.3 is 10.2 Å². The first-order valence-corrected chi connectivity index (χ1v) is 9.25. The van der Waals surface area contributed by atoms with E-state index in [9.17, 15) is 15.0 Å². The predicted molar refractivity (Wildman–Crippen MR) is 84.1 cm³/mol. The standard InChI is InChI=1S/C19H30O3/c1-18-7-5-12(20)9-11(18)10-15(21)17-13-3-4-16(22)19(13,2)8-6-14(17)18/h11-14,16-17,20,22H,3-10H2,1-2H3/t11-,12+,13-,14-,16+,17-,18+,19+/m1/s1. The van der Waals surface area contributed by atoms with E-state index in [-0.39, 0.29) is 29.0 Å². The fourth-order valence-electron chi connectivity index (χ4n) is 6.88. The molecular weight excluding hydrogens is 276 g/mol. The number of hydrogen-bond acceptors (Lipinski definition) is 3. The molecule has 2 N–H and O–H groups in total. The zero-order valence-electron chi connectivity index (χ0n) is 13.9. The topological polar surface area (TPSA) is 57.5 Å². The molecular formula is C19H30O3. The number of carbonyl (C=O) groups is 1. The summed E-state index contributed by atoms with van der Waals surface area (Å²) in [6, 6.07) is 0. The lowest BCUT2D eigenvalue weighted by Crippen LogP contribution is -2.57. The third kappa shape index (κ3) is 1.84. The average molecular weight is 306 g/mol. The Hall–Kier alpha value is -0.410. The summed E-state index contributed by atoms with van der Waals surface area (Å²) in [4.78, 5) is 13.0. The maximum Gasteiger partial charge on any atom is 0.136 e. The molecule has 0 radical (unpaired) electrons. The second-order valence-electron chi connectivity index (χ2n) is 9.18. The van der Waals surface area contributed by atoms with E-state index in [1.54, 1.807) is 0 Å². The van der Waals surface area contributed by atoms with Crippen LogP contribution >= 0.6 is 0 Å². The monoisotopic (exact) mass is 306 g/mol. The van der Waals surface area contributed by atoms with Crippen LogP contribution in [0.25, 0.3) is 0 Å². The van der Waals surface area contributed by atoms with Gasteiger partial charge in [-0.3, -0.25) is 4.79 Å². The summed E-state index contributed by atoms with van der Waals surface area (Å²) in [5.74, 6) is 1.85. The Kier molecular flexibility index (Phi) is 3.30. The fourth-order valence-corrected chi connectivity index (χ4v) is 6.88. The number of Topliss-reactive ketones (excluding diaryl/α,β-unsaturated/α-hetero) is 1. The molecule has 124 valence electrons. The van der Waals surface area contributed by atoms with Gasteiger partial charge in [0.05, 0.1) is 12.2 Å². The van der Waals surface area contributed by atoms with E-state index in [1.165, 1.54) is 0 Å². The maximum atomic E-state index is 13.0. The van der Waals surface area contributed by atoms with Gasteiger partial charge in [0.1, 0.15) is 5.78 Å². The van der Waals surface area contributed by atoms with Crippen LogP contribution in [-0.4, -0.2) is 28.2 Å². The highest BCUT2D eigenvalue weighted by atomic mass is 16.3. The normalized spacial score (nSPS) is 57.9. The number of carbonyl (C=O) groups excluding carboxylic acids is 1. The van der Waals surface area contributed by atoms with Gasteiger partial charge in [-0.1, -0.05) is 13.8 Å². The van der Waals surface area contributed by atoms with Crippen LogP contribution in [0.15, 0.2) is 0 Å². The summed E-state index contributed by atoms with van der Waals surface area (Å²) in [7, 11) is 0. The minimum atomic E-state index is -0.218. The average Bonchev–Trinajstić information content (AvgIpc) is 2.77. The Morgan fingerprint density at radius 1 is 0.955 bits per heavy atom. The highest BCUT2D eigenvalue weighted by Gasteiger charge is 2.62. The van der Waals surface area contributed by atoms with Crippen molar-refractivity contribution in [2.75, 3.05) is 0 Å². The Labute approximate surface area is 133 Å². The molecule has 8 atom stereocenters. The molecule has 0 heterocycles. The van der Waals surface area contributed by atoms with Crippen molar-refractivity contribution in [3.63, 3.8) is 0 Å². The van der Waals surface area contributed by atoms with Gasteiger partial charge in [-0.15, -0.1) is 0 Å². The van der Waals surface area contributed by atoms with E-state index in [2.05, 4.69) is 13.8 Å². The molecule has 4 aliphatic rings. The van der Waals surface area contributed by atoms with Gasteiger partial charge in [0.15, 0.2) is 0 Å². The summed E-state index contributed by atoms with van der Waals surface area (Å²) in [5.41, 5.74) is 0.195. The second kappa shape index (κ2) is 4.80. The minimum absolute atomic E-state index is 0.0335. The SMILES string of the molecule is C[C@]12CC[C@H](O)C[C@@H]1CC(=O)[C@H]1[C@H]2CC[C@@]2(C)[C@@H]1CC[C@@H]2O. The summed E-state index contributed by atoms with van der Waals surface area (Å²) >= 11 is 0. The highest BCUT2D eigenvalue weighted by Crippen LogP contribution is 2.65. The number of hydrogen-bond donors (Lipinski definition) is 2. The molecule has 0 bridgehead atoms. The van der Waals surface area contributed by atoms with E-state index in [0.717, 1.165) is 44.9 Å². The largest absolute Gasteiger partial charge is 0.393 e. The number of rotatable bonds is 0. The third-order valence-corrected chi connectivity index (χ3v) is 8.39. The molecule has 0 aromatic carbocycles. The van der Waals surface area contributed by atoms with Crippen molar-refractivity contribution in [1.82, 2.24) is 0 Å². The smallest absolute Gasteiger partial charge is 0.136 e. The Morgan fingerprint density at radius 3 is 2.41 bits per heavy atom. The van der Waals surface area contributed by atoms with Crippen molar-refractivity contribution in [3.05, 3.63) is 0 Å². The Balaban J connectivity index is 1.69. The van der Waals surface area contributed by atoms with E-state index >= 15 is 0 Å². The van der Waals surface area contributed by atoms with Crippen molar-refractivity contribution in [2.24, 2.45) is 34.5 Å². The fraction of sp³-hybridized carbons (Fsp3) is 0.947. The second-order valence-corrected chi connectivity index (χ2v) is 9.18. The summed E-state index contributed by atoms with van der Waals surface area (Å²) in [6.07, 6.45) is 7.07. The predicted octanol–water partition coefficient (Wildman–Crippen LogP) is 2.93. The van der Waals surface area contributed by atoms with Gasteiger partial charge in [0.25, 0.3) is 0 Å². The van der Waals surface area contributed by atoms with Crippen molar-refractivity contribution in [2.45, 2.75) is 77.4 Å². The van der Waals surface area contributed by atoms with Crippen LogP contribution < -0.4 is 0 Å². The molecule has 0 amide bonds. The zero-order valence-corrected chi connectivity index (χ0v) is 13.9. The first kappa shape index (κ1) is 15.1. The van der Waals surface area contributed by atoms with E-state index in [4.69, 9.17) is 0 Å². The lowest BCUT2D eigenvalue weighted by atomic mass is 9.45. The van der Waals surface area contributed by atoms with E-state index in [1.807, 2.05) is 0 Å². The summed E-state index contributed by atoms with van der Waals surface area (Å²) in [6.45, 7) is 4.61. The van der Waals surface area contributed by atoms with Crippen LogP contribution in [0.3, 0.4) is 0 Å². The van der Waals surface area contributed by atoms with Gasteiger partial charge in [-0.05, 0) is 73.5 Å². The molecule has 0 aromatic rings. The molecule has 0 spiro atoms. The molecule has 0 aromatic heterocycles. The molecule has 22 heavy (non-hydrogen) atoms. The van der Waals surface area contributed by atoms with Crippen LogP contribution in [0.2, 0.25) is 0 Å². The molecule has 4 saturated carbocycles. The first-order chi connectivity index (χ1) is 10.4. The van der Waals surface area contributed by atoms with Crippen molar-refractivity contribution >= 4 is 5.78 Å². The molecule has 0 saturated heterocycles. The van der Waals surface area contributed by atoms with Crippen LogP contribution in [0.4, 0.5) is 0 Å². The van der Waals surface area contributed by atoms with Gasteiger partial charge in [-0.2, -0.15) is 0 Å². The molecule has 0 unspecified atom stereocenters. The lowest BCUT2D eigenvalue weighted by Gasteiger charge is -2.59. The minimum Gasteiger partial charge on any atom is -0.393 e. The lowest BCUT2D eigenvalue weighted by molar-refractivity contribution is -0.162. The van der Waals surface area contributed by atoms with Crippen LogP contribution in [0.1, 0.15) is 65.2 Å². The first-order valence-electron chi connectivity index (χ1n) is 9.25. The van der Waals surface area contributed by atoms with Crippen LogP contribution in [-0.2, 0) is 4.79 Å². The zero-order chi connectivity index (χ0) is 15.7. The van der Waals surface area contributed by atoms with Crippen molar-refractivity contribution in [3.8, 4) is 0 Å². The van der Waals surface area contributed by atoms with Crippen LogP contribution in [0.5, 0.6) is 0 Å². The van der Waals surface area contributed by atoms with Crippen molar-refractivity contribution in [1.29, 1.82) is 0 Å².